The van der Waals surface area contributed by atoms with E-state index in [-0.39, 0.29) is 5.41 Å². The number of hydrogen-bond donors (Lipinski definition) is 0. The molecule has 4 aliphatic carbocycles. The topological polar surface area (TPSA) is 3.24 Å². The van der Waals surface area contributed by atoms with Crippen LogP contribution in [0, 0.1) is 0 Å². The Hall–Kier alpha value is -4.04. The fourth-order valence-electron chi connectivity index (χ4n) is 8.15. The summed E-state index contributed by atoms with van der Waals surface area (Å²) in [4.78, 5) is 2.59. The predicted octanol–water partition coefficient (Wildman–Crippen LogP) is 7.96. The zero-order chi connectivity index (χ0) is 26.7. The lowest BCUT2D eigenvalue weighted by molar-refractivity contribution is 0.591. The standard InChI is InChI=1S/C38H32BN/c1-38(2,3)27-18-19-29-30-10-7-13-34-37(30)39(32(29)22-27)31-11-4-5-12-33(31)40(34)28-20-25-16-14-23-8-6-9-24-15-17-26(21-28)36(25)35(23)24/h5-10,12-16,18-22,35H,4,11,17H2,1-3H3. The van der Waals surface area contributed by atoms with Gasteiger partial charge in [-0.3, -0.25) is 0 Å². The van der Waals surface area contributed by atoms with Crippen molar-refractivity contribution in [1.82, 2.24) is 0 Å². The van der Waals surface area contributed by atoms with E-state index in [9.17, 15) is 0 Å². The molecule has 0 fully saturated rings. The van der Waals surface area contributed by atoms with Crippen molar-refractivity contribution in [2.75, 3.05) is 4.90 Å². The van der Waals surface area contributed by atoms with E-state index in [1.165, 1.54) is 72.5 Å². The lowest BCUT2D eigenvalue weighted by atomic mass is 9.35. The maximum absolute atomic E-state index is 2.59. The number of rotatable bonds is 1. The van der Waals surface area contributed by atoms with Gasteiger partial charge in [0.2, 0.25) is 6.71 Å². The maximum Gasteiger partial charge on any atom is 0.243 e. The van der Waals surface area contributed by atoms with Crippen LogP contribution in [0.15, 0.2) is 113 Å². The zero-order valence-corrected chi connectivity index (χ0v) is 23.5. The first-order valence-corrected chi connectivity index (χ1v) is 14.9. The first-order chi connectivity index (χ1) is 19.5. The Balaban J connectivity index is 1.27. The van der Waals surface area contributed by atoms with Gasteiger partial charge >= 0.3 is 0 Å². The number of benzene rings is 3. The third kappa shape index (κ3) is 2.94. The summed E-state index contributed by atoms with van der Waals surface area (Å²) in [6, 6.07) is 19.2. The Bertz CT molecular complexity index is 1870. The zero-order valence-electron chi connectivity index (χ0n) is 23.5. The first-order valence-electron chi connectivity index (χ1n) is 14.9. The van der Waals surface area contributed by atoms with Gasteiger partial charge in [-0.1, -0.05) is 105 Å². The van der Waals surface area contributed by atoms with Gasteiger partial charge in [-0.25, -0.2) is 0 Å². The summed E-state index contributed by atoms with van der Waals surface area (Å²) in [6.45, 7) is 7.34. The molecule has 40 heavy (non-hydrogen) atoms. The van der Waals surface area contributed by atoms with Crippen LogP contribution in [0.2, 0.25) is 0 Å². The highest BCUT2D eigenvalue weighted by Crippen LogP contribution is 2.49. The van der Waals surface area contributed by atoms with Crippen LogP contribution in [0.1, 0.15) is 61.8 Å². The highest BCUT2D eigenvalue weighted by molar-refractivity contribution is 6.96. The summed E-state index contributed by atoms with van der Waals surface area (Å²) in [5, 5.41) is 0. The maximum atomic E-state index is 2.59. The Morgan fingerprint density at radius 2 is 1.82 bits per heavy atom. The van der Waals surface area contributed by atoms with E-state index >= 15 is 0 Å². The molecule has 0 N–H and O–H groups in total. The second-order valence-electron chi connectivity index (χ2n) is 13.2. The molecule has 9 rings (SSSR count). The van der Waals surface area contributed by atoms with Crippen LogP contribution in [0.4, 0.5) is 11.4 Å². The van der Waals surface area contributed by atoms with Crippen LogP contribution in [0.25, 0.3) is 17.2 Å². The monoisotopic (exact) mass is 513 g/mol. The highest BCUT2D eigenvalue weighted by atomic mass is 15.2. The number of fused-ring (bicyclic) bond motifs is 4. The number of anilines is 2. The van der Waals surface area contributed by atoms with E-state index in [1.807, 2.05) is 0 Å². The van der Waals surface area contributed by atoms with E-state index < -0.39 is 0 Å². The lowest BCUT2D eigenvalue weighted by Crippen LogP contribution is -2.48. The minimum absolute atomic E-state index is 0.131. The van der Waals surface area contributed by atoms with Crippen molar-refractivity contribution < 1.29 is 0 Å². The molecular weight excluding hydrogens is 481 g/mol. The van der Waals surface area contributed by atoms with Crippen molar-refractivity contribution >= 4 is 35.1 Å². The fraction of sp³-hybridized carbons (Fsp3) is 0.211. The highest BCUT2D eigenvalue weighted by Gasteiger charge is 2.44. The first kappa shape index (κ1) is 22.7. The van der Waals surface area contributed by atoms with Gasteiger partial charge in [-0.2, -0.15) is 0 Å². The van der Waals surface area contributed by atoms with Crippen LogP contribution in [-0.2, 0) is 11.8 Å². The van der Waals surface area contributed by atoms with Crippen LogP contribution >= 0.6 is 0 Å². The van der Waals surface area contributed by atoms with Crippen molar-refractivity contribution in [3.8, 4) is 11.1 Å². The Labute approximate surface area is 237 Å². The van der Waals surface area contributed by atoms with E-state index in [4.69, 9.17) is 0 Å². The molecule has 0 saturated carbocycles. The second kappa shape index (κ2) is 7.79. The van der Waals surface area contributed by atoms with Crippen molar-refractivity contribution in [3.05, 3.63) is 136 Å². The second-order valence-corrected chi connectivity index (χ2v) is 13.2. The molecule has 0 aromatic heterocycles. The third-order valence-corrected chi connectivity index (χ3v) is 9.99. The Morgan fingerprint density at radius 1 is 0.900 bits per heavy atom. The van der Waals surface area contributed by atoms with Crippen LogP contribution < -0.4 is 15.8 Å². The SMILES string of the molecule is CC(C)(C)c1ccc2c(c1)B1C3=C(C=CCC3)N(c3cc4c5c(c3)CC=C3C=CC=C(C=C4)C35)c3cccc-2c31. The minimum atomic E-state index is 0.131. The average molecular weight is 513 g/mol. The van der Waals surface area contributed by atoms with Gasteiger partial charge in [0.15, 0.2) is 0 Å². The fourth-order valence-corrected chi connectivity index (χ4v) is 8.15. The Kier molecular flexibility index (Phi) is 4.43. The lowest BCUT2D eigenvalue weighted by Gasteiger charge is -2.40. The molecule has 0 amide bonds. The summed E-state index contributed by atoms with van der Waals surface area (Å²) in [6.07, 6.45) is 22.0. The molecule has 0 radical (unpaired) electrons. The molecule has 2 aliphatic heterocycles. The molecule has 0 bridgehead atoms. The van der Waals surface area contributed by atoms with Gasteiger partial charge in [0, 0.05) is 23.0 Å². The molecule has 3 aromatic carbocycles. The third-order valence-electron chi connectivity index (χ3n) is 9.99. The summed E-state index contributed by atoms with van der Waals surface area (Å²) in [7, 11) is 0. The van der Waals surface area contributed by atoms with Crippen molar-refractivity contribution in [3.63, 3.8) is 0 Å². The molecule has 192 valence electrons. The number of allylic oxidation sites excluding steroid dienone is 10. The van der Waals surface area contributed by atoms with E-state index in [2.05, 4.69) is 123 Å². The largest absolute Gasteiger partial charge is 0.312 e. The molecule has 2 heterocycles. The minimum Gasteiger partial charge on any atom is -0.312 e. The van der Waals surface area contributed by atoms with Gasteiger partial charge in [-0.15, -0.1) is 0 Å². The average Bonchev–Trinajstić information content (AvgIpc) is 3.31. The molecule has 6 aliphatic rings. The summed E-state index contributed by atoms with van der Waals surface area (Å²) in [5.74, 6) is 0.394. The molecule has 1 atom stereocenters. The molecule has 0 saturated heterocycles. The van der Waals surface area contributed by atoms with Gasteiger partial charge < -0.3 is 4.90 Å². The quantitative estimate of drug-likeness (QED) is 0.299. The van der Waals surface area contributed by atoms with Gasteiger partial charge in [0.1, 0.15) is 0 Å². The van der Waals surface area contributed by atoms with Crippen molar-refractivity contribution in [1.29, 1.82) is 0 Å². The van der Waals surface area contributed by atoms with Crippen LogP contribution in [0.5, 0.6) is 0 Å². The van der Waals surface area contributed by atoms with E-state index in [1.54, 1.807) is 5.47 Å². The summed E-state index contributed by atoms with van der Waals surface area (Å²) in [5.41, 5.74) is 20.3. The van der Waals surface area contributed by atoms with Crippen LogP contribution in [-0.4, -0.2) is 6.71 Å². The summed E-state index contributed by atoms with van der Waals surface area (Å²) >= 11 is 0. The Morgan fingerprint density at radius 3 is 2.73 bits per heavy atom. The van der Waals surface area contributed by atoms with Gasteiger partial charge in [-0.05, 0) is 98.9 Å². The molecule has 3 aromatic rings. The molecule has 2 heteroatoms. The normalized spacial score (nSPS) is 20.6. The van der Waals surface area contributed by atoms with Crippen molar-refractivity contribution in [2.45, 2.75) is 51.4 Å². The van der Waals surface area contributed by atoms with E-state index in [0.717, 1.165) is 19.3 Å². The molecule has 0 spiro atoms. The molecule has 1 nitrogen and oxygen atoms in total. The summed E-state index contributed by atoms with van der Waals surface area (Å²) < 4.78 is 0. The van der Waals surface area contributed by atoms with Gasteiger partial charge in [0.25, 0.3) is 0 Å². The van der Waals surface area contributed by atoms with Crippen molar-refractivity contribution in [2.24, 2.45) is 0 Å². The van der Waals surface area contributed by atoms with Gasteiger partial charge in [0.05, 0.1) is 0 Å². The van der Waals surface area contributed by atoms with Crippen LogP contribution in [0.3, 0.4) is 0 Å². The smallest absolute Gasteiger partial charge is 0.243 e. The molecule has 1 unspecified atom stereocenters. The predicted molar refractivity (Wildman–Crippen MR) is 170 cm³/mol. The molecular formula is C38H32BN. The number of nitrogens with zero attached hydrogens (tertiary/aromatic N) is 1. The van der Waals surface area contributed by atoms with E-state index in [0.29, 0.717) is 12.6 Å². The number of hydrogen-bond acceptors (Lipinski definition) is 1.